The third-order valence-electron chi connectivity index (χ3n) is 5.18. The average Bonchev–Trinajstić information content (AvgIpc) is 2.67. The van der Waals surface area contributed by atoms with Crippen LogP contribution in [0.3, 0.4) is 0 Å². The summed E-state index contributed by atoms with van der Waals surface area (Å²) in [6.07, 6.45) is -9.42. The van der Waals surface area contributed by atoms with Gasteiger partial charge in [0.2, 0.25) is 0 Å². The zero-order chi connectivity index (χ0) is 26.6. The lowest BCUT2D eigenvalue weighted by molar-refractivity contribution is -0.904. The zero-order valence-electron chi connectivity index (χ0n) is 19.8. The number of amides is 2. The molecule has 2 amide bonds. The molecule has 11 heteroatoms. The molecule has 0 aliphatic rings. The second kappa shape index (κ2) is 11.2. The van der Waals surface area contributed by atoms with Crippen molar-refractivity contribution in [3.05, 3.63) is 63.6 Å². The Bertz CT molecular complexity index is 972. The molecular formula is C24H29BrF6N3O+. The number of nitrogens with zero attached hydrogens (tertiary/aromatic N) is 1. The van der Waals surface area contributed by atoms with Gasteiger partial charge in [-0.3, -0.25) is 0 Å². The Balaban J connectivity index is 2.18. The lowest BCUT2D eigenvalue weighted by atomic mass is 10.0. The van der Waals surface area contributed by atoms with Crippen LogP contribution in [0.5, 0.6) is 0 Å². The van der Waals surface area contributed by atoms with Crippen molar-refractivity contribution in [1.29, 1.82) is 0 Å². The van der Waals surface area contributed by atoms with Gasteiger partial charge in [0.25, 0.3) is 0 Å². The largest absolute Gasteiger partial charge is 0.416 e. The number of hydrogen-bond acceptors (Lipinski definition) is 1. The Hall–Kier alpha value is -2.27. The number of likely N-dealkylation sites (N-methyl/N-ethyl adjacent to an activating group) is 1. The van der Waals surface area contributed by atoms with Gasteiger partial charge in [-0.2, -0.15) is 26.3 Å². The van der Waals surface area contributed by atoms with E-state index in [1.165, 1.54) is 0 Å². The minimum Gasteiger partial charge on any atom is -0.329 e. The molecule has 0 aliphatic heterocycles. The van der Waals surface area contributed by atoms with Crippen LogP contribution in [0.15, 0.2) is 46.9 Å². The highest BCUT2D eigenvalue weighted by Gasteiger charge is 2.37. The predicted octanol–water partition coefficient (Wildman–Crippen LogP) is 7.30. The molecule has 0 saturated carbocycles. The van der Waals surface area contributed by atoms with Crippen LogP contribution in [0, 0.1) is 5.92 Å². The van der Waals surface area contributed by atoms with Crippen molar-refractivity contribution in [2.24, 2.45) is 5.92 Å². The van der Waals surface area contributed by atoms with E-state index in [0.717, 1.165) is 10.0 Å². The number of quaternary nitrogens is 1. The highest BCUT2D eigenvalue weighted by atomic mass is 79.9. The molecule has 35 heavy (non-hydrogen) atoms. The van der Waals surface area contributed by atoms with Gasteiger partial charge >= 0.3 is 18.4 Å². The first-order valence-corrected chi connectivity index (χ1v) is 11.7. The molecule has 4 nitrogen and oxygen atoms in total. The highest BCUT2D eigenvalue weighted by Crippen LogP contribution is 2.37. The summed E-state index contributed by atoms with van der Waals surface area (Å²) in [5.74, 6) is 0.193. The van der Waals surface area contributed by atoms with Crippen LogP contribution in [0.1, 0.15) is 37.0 Å². The number of urea groups is 1. The molecule has 2 N–H and O–H groups in total. The van der Waals surface area contributed by atoms with E-state index < -0.39 is 35.2 Å². The number of halogens is 7. The minimum absolute atomic E-state index is 0.0206. The van der Waals surface area contributed by atoms with Gasteiger partial charge in [0.1, 0.15) is 6.54 Å². The van der Waals surface area contributed by atoms with Crippen LogP contribution in [0.4, 0.5) is 36.8 Å². The van der Waals surface area contributed by atoms with E-state index in [4.69, 9.17) is 0 Å². The molecule has 1 atom stereocenters. The van der Waals surface area contributed by atoms with Gasteiger partial charge < -0.3 is 15.1 Å². The summed E-state index contributed by atoms with van der Waals surface area (Å²) in [4.78, 5) is 12.6. The van der Waals surface area contributed by atoms with Crippen LogP contribution in [0.25, 0.3) is 0 Å². The van der Waals surface area contributed by atoms with Crippen molar-refractivity contribution in [2.75, 3.05) is 26.0 Å². The molecule has 0 radical (unpaired) electrons. The second-order valence-electron chi connectivity index (χ2n) is 9.62. The molecule has 0 spiro atoms. The number of alkyl halides is 6. The topological polar surface area (TPSA) is 41.1 Å². The predicted molar refractivity (Wildman–Crippen MR) is 127 cm³/mol. The Morgan fingerprint density at radius 1 is 0.943 bits per heavy atom. The van der Waals surface area contributed by atoms with Crippen LogP contribution in [0.2, 0.25) is 0 Å². The standard InChI is InChI=1S/C24H28BrF6N3O/c1-15(2)9-21(14-34(3,4)13-16-5-7-19(25)8-6-16)33-22(35)32-20-11-17(23(26,27)28)10-18(12-20)24(29,30)31/h5-8,10-12,15,21H,9,13-14H2,1-4H3,(H-,32,33,35)/p+1/t21-/m0/s1. The maximum atomic E-state index is 13.1. The third kappa shape index (κ3) is 9.71. The van der Waals surface area contributed by atoms with E-state index in [2.05, 4.69) is 26.6 Å². The third-order valence-corrected chi connectivity index (χ3v) is 5.70. The molecule has 0 saturated heterocycles. The smallest absolute Gasteiger partial charge is 0.329 e. The van der Waals surface area contributed by atoms with Crippen LogP contribution in [-0.2, 0) is 18.9 Å². The average molecular weight is 569 g/mol. The number of anilines is 1. The van der Waals surface area contributed by atoms with Crippen molar-refractivity contribution in [3.8, 4) is 0 Å². The van der Waals surface area contributed by atoms with Crippen LogP contribution < -0.4 is 10.6 Å². The van der Waals surface area contributed by atoms with Gasteiger partial charge in [-0.1, -0.05) is 41.9 Å². The summed E-state index contributed by atoms with van der Waals surface area (Å²) in [7, 11) is 3.97. The zero-order valence-corrected chi connectivity index (χ0v) is 21.4. The molecular weight excluding hydrogens is 540 g/mol. The molecule has 0 bridgehead atoms. The van der Waals surface area contributed by atoms with E-state index in [-0.39, 0.29) is 18.0 Å². The van der Waals surface area contributed by atoms with Crippen molar-refractivity contribution >= 4 is 27.6 Å². The fraction of sp³-hybridized carbons (Fsp3) is 0.458. The fourth-order valence-corrected chi connectivity index (χ4v) is 4.14. The minimum atomic E-state index is -5.00. The van der Waals surface area contributed by atoms with Gasteiger partial charge in [-0.05, 0) is 42.7 Å². The molecule has 2 aromatic rings. The molecule has 0 fully saturated rings. The first-order chi connectivity index (χ1) is 15.9. The van der Waals surface area contributed by atoms with Gasteiger partial charge in [-0.25, -0.2) is 4.79 Å². The second-order valence-corrected chi connectivity index (χ2v) is 10.5. The first-order valence-electron chi connectivity index (χ1n) is 10.9. The van der Waals surface area contributed by atoms with Crippen LogP contribution in [-0.4, -0.2) is 37.2 Å². The lowest BCUT2D eigenvalue weighted by Crippen LogP contribution is -2.51. The summed E-state index contributed by atoms with van der Waals surface area (Å²) in [6, 6.07) is 7.57. The van der Waals surface area contributed by atoms with E-state index in [1.54, 1.807) is 0 Å². The lowest BCUT2D eigenvalue weighted by Gasteiger charge is -2.34. The SMILES string of the molecule is CC(C)C[C@@H](C[N+](C)(C)Cc1ccc(Br)cc1)NC(=O)Nc1cc(C(F)(F)F)cc(C(F)(F)F)c1. The number of hydrogen-bond donors (Lipinski definition) is 2. The van der Waals surface area contributed by atoms with E-state index >= 15 is 0 Å². The summed E-state index contributed by atoms with van der Waals surface area (Å²) in [5, 5.41) is 4.88. The Labute approximate surface area is 209 Å². The van der Waals surface area contributed by atoms with Gasteiger partial charge in [0, 0.05) is 15.7 Å². The first kappa shape index (κ1) is 29.0. The molecule has 0 unspecified atom stereocenters. The number of benzene rings is 2. The molecule has 0 aromatic heterocycles. The quantitative estimate of drug-likeness (QED) is 0.254. The molecule has 0 aliphatic carbocycles. The number of carbonyl (C=O) groups excluding carboxylic acids is 1. The van der Waals surface area contributed by atoms with Crippen LogP contribution >= 0.6 is 15.9 Å². The van der Waals surface area contributed by atoms with Gasteiger partial charge in [-0.15, -0.1) is 0 Å². The van der Waals surface area contributed by atoms with E-state index in [9.17, 15) is 31.1 Å². The number of nitrogens with one attached hydrogen (secondary N) is 2. The maximum absolute atomic E-state index is 13.1. The van der Waals surface area contributed by atoms with Gasteiger partial charge in [0.15, 0.2) is 0 Å². The fourth-order valence-electron chi connectivity index (χ4n) is 3.87. The van der Waals surface area contributed by atoms with Crippen molar-refractivity contribution in [2.45, 2.75) is 45.2 Å². The summed E-state index contributed by atoms with van der Waals surface area (Å²) >= 11 is 3.39. The number of carbonyl (C=O) groups is 1. The van der Waals surface area contributed by atoms with E-state index in [0.29, 0.717) is 36.1 Å². The normalized spacial score (nSPS) is 13.6. The molecule has 2 aromatic carbocycles. The monoisotopic (exact) mass is 568 g/mol. The Morgan fingerprint density at radius 3 is 1.91 bits per heavy atom. The Kier molecular flexibility index (Phi) is 9.27. The highest BCUT2D eigenvalue weighted by molar-refractivity contribution is 9.10. The summed E-state index contributed by atoms with van der Waals surface area (Å²) in [6.45, 7) is 5.08. The molecule has 0 heterocycles. The van der Waals surface area contributed by atoms with Crippen molar-refractivity contribution < 1.29 is 35.6 Å². The van der Waals surface area contributed by atoms with Crippen molar-refractivity contribution in [1.82, 2.24) is 5.32 Å². The van der Waals surface area contributed by atoms with Gasteiger partial charge in [0.05, 0.1) is 37.8 Å². The number of rotatable bonds is 8. The summed E-state index contributed by atoms with van der Waals surface area (Å²) in [5.41, 5.74) is -2.49. The summed E-state index contributed by atoms with van der Waals surface area (Å²) < 4.78 is 80.1. The molecule has 2 rings (SSSR count). The van der Waals surface area contributed by atoms with E-state index in [1.807, 2.05) is 52.2 Å². The molecule has 194 valence electrons. The Morgan fingerprint density at radius 2 is 1.46 bits per heavy atom. The van der Waals surface area contributed by atoms with Crippen molar-refractivity contribution in [3.63, 3.8) is 0 Å². The maximum Gasteiger partial charge on any atom is 0.416 e.